The Morgan fingerprint density at radius 3 is 2.90 bits per heavy atom. The van der Waals surface area contributed by atoms with Crippen LogP contribution in [0.4, 0.5) is 0 Å². The number of nitrogens with zero attached hydrogens (tertiary/aromatic N) is 1. The van der Waals surface area contributed by atoms with Crippen molar-refractivity contribution in [1.82, 2.24) is 10.4 Å². The molecule has 1 aromatic carbocycles. The van der Waals surface area contributed by atoms with Crippen LogP contribution in [0.1, 0.15) is 36.1 Å². The highest BCUT2D eigenvalue weighted by atomic mass is 35.5. The smallest absolute Gasteiger partial charge is 0.137 e. The van der Waals surface area contributed by atoms with E-state index in [0.29, 0.717) is 11.6 Å². The Balaban J connectivity index is 2.35. The lowest BCUT2D eigenvalue weighted by atomic mass is 9.99. The molecule has 0 fully saturated rings. The molecule has 0 radical (unpaired) electrons. The van der Waals surface area contributed by atoms with E-state index in [0.717, 1.165) is 28.9 Å². The minimum absolute atomic E-state index is 0.227. The third-order valence-electron chi connectivity index (χ3n) is 3.24. The van der Waals surface area contributed by atoms with Crippen LogP contribution >= 0.6 is 11.6 Å². The second kappa shape index (κ2) is 7.41. The zero-order chi connectivity index (χ0) is 15.2. The zero-order valence-corrected chi connectivity index (χ0v) is 13.0. The van der Waals surface area contributed by atoms with Crippen LogP contribution in [0.3, 0.4) is 0 Å². The van der Waals surface area contributed by atoms with Crippen molar-refractivity contribution in [2.24, 2.45) is 5.84 Å². The molecule has 0 spiro atoms. The van der Waals surface area contributed by atoms with Crippen LogP contribution < -0.4 is 16.0 Å². The molecule has 0 aliphatic heterocycles. The molecule has 112 valence electrons. The molecule has 0 bridgehead atoms. The van der Waals surface area contributed by atoms with Gasteiger partial charge in [-0.05, 0) is 36.1 Å². The topological polar surface area (TPSA) is 60.2 Å². The lowest BCUT2D eigenvalue weighted by molar-refractivity contribution is 0.315. The maximum atomic E-state index is 6.39. The summed E-state index contributed by atoms with van der Waals surface area (Å²) < 4.78 is 5.62. The first-order valence-electron chi connectivity index (χ1n) is 6.96. The number of halogens is 1. The van der Waals surface area contributed by atoms with E-state index >= 15 is 0 Å². The Kier molecular flexibility index (Phi) is 5.56. The van der Waals surface area contributed by atoms with E-state index in [1.165, 1.54) is 0 Å². The number of aromatic nitrogens is 1. The van der Waals surface area contributed by atoms with E-state index in [-0.39, 0.29) is 6.04 Å². The summed E-state index contributed by atoms with van der Waals surface area (Å²) in [4.78, 5) is 4.22. The molecule has 1 aromatic heterocycles. The van der Waals surface area contributed by atoms with E-state index < -0.39 is 0 Å². The van der Waals surface area contributed by atoms with Crippen LogP contribution in [0, 0.1) is 6.92 Å². The molecule has 5 heteroatoms. The van der Waals surface area contributed by atoms with Gasteiger partial charge in [-0.3, -0.25) is 10.8 Å². The zero-order valence-electron chi connectivity index (χ0n) is 12.3. The van der Waals surface area contributed by atoms with Gasteiger partial charge in [-0.2, -0.15) is 0 Å². The second-order valence-electron chi connectivity index (χ2n) is 4.88. The number of pyridine rings is 1. The van der Waals surface area contributed by atoms with Crippen LogP contribution in [0.15, 0.2) is 36.7 Å². The molecule has 1 heterocycles. The first-order valence-corrected chi connectivity index (χ1v) is 7.34. The van der Waals surface area contributed by atoms with Crippen LogP contribution in [0.5, 0.6) is 5.75 Å². The number of rotatable bonds is 6. The SMILES string of the molecule is CCCOc1cncc(C(NN)c2cccc(C)c2Cl)c1. The Labute approximate surface area is 130 Å². The number of hydrogen-bond acceptors (Lipinski definition) is 4. The summed E-state index contributed by atoms with van der Waals surface area (Å²) in [6.45, 7) is 4.70. The van der Waals surface area contributed by atoms with Gasteiger partial charge in [0.2, 0.25) is 0 Å². The number of benzene rings is 1. The molecule has 4 nitrogen and oxygen atoms in total. The molecular weight excluding hydrogens is 286 g/mol. The fraction of sp³-hybridized carbons (Fsp3) is 0.312. The second-order valence-corrected chi connectivity index (χ2v) is 5.26. The van der Waals surface area contributed by atoms with Gasteiger partial charge in [-0.15, -0.1) is 0 Å². The standard InChI is InChI=1S/C16H20ClN3O/c1-3-7-21-13-8-12(9-19-10-13)16(20-18)14-6-4-5-11(2)15(14)17/h4-6,8-10,16,20H,3,7,18H2,1-2H3. The quantitative estimate of drug-likeness (QED) is 0.634. The average Bonchev–Trinajstić information content (AvgIpc) is 2.50. The molecule has 0 saturated carbocycles. The number of aryl methyl sites for hydroxylation is 1. The van der Waals surface area contributed by atoms with Crippen LogP contribution in [-0.4, -0.2) is 11.6 Å². The van der Waals surface area contributed by atoms with Crippen molar-refractivity contribution in [3.05, 3.63) is 58.4 Å². The summed E-state index contributed by atoms with van der Waals surface area (Å²) in [6.07, 6.45) is 4.42. The summed E-state index contributed by atoms with van der Waals surface area (Å²) in [5.74, 6) is 6.46. The van der Waals surface area contributed by atoms with E-state index in [4.69, 9.17) is 22.2 Å². The molecule has 21 heavy (non-hydrogen) atoms. The summed E-state index contributed by atoms with van der Waals surface area (Å²) in [6, 6.07) is 7.60. The number of ether oxygens (including phenoxy) is 1. The molecular formula is C16H20ClN3O. The predicted octanol–water partition coefficient (Wildman–Crippen LogP) is 3.38. The minimum Gasteiger partial charge on any atom is -0.492 e. The van der Waals surface area contributed by atoms with Gasteiger partial charge in [-0.1, -0.05) is 36.7 Å². The van der Waals surface area contributed by atoms with Crippen LogP contribution in [0.2, 0.25) is 5.02 Å². The molecule has 2 rings (SSSR count). The molecule has 3 N–H and O–H groups in total. The van der Waals surface area contributed by atoms with Crippen molar-refractivity contribution in [3.8, 4) is 5.75 Å². The highest BCUT2D eigenvalue weighted by Gasteiger charge is 2.17. The molecule has 0 aliphatic rings. The average molecular weight is 306 g/mol. The molecule has 2 aromatic rings. The van der Waals surface area contributed by atoms with E-state index in [1.807, 2.05) is 31.2 Å². The fourth-order valence-electron chi connectivity index (χ4n) is 2.15. The molecule has 0 aliphatic carbocycles. The molecule has 1 atom stereocenters. The van der Waals surface area contributed by atoms with Gasteiger partial charge in [0.15, 0.2) is 0 Å². The summed E-state index contributed by atoms with van der Waals surface area (Å²) in [5.41, 5.74) is 5.66. The molecule has 0 saturated heterocycles. The maximum Gasteiger partial charge on any atom is 0.137 e. The largest absolute Gasteiger partial charge is 0.492 e. The van der Waals surface area contributed by atoms with Gasteiger partial charge >= 0.3 is 0 Å². The molecule has 1 unspecified atom stereocenters. The highest BCUT2D eigenvalue weighted by Crippen LogP contribution is 2.30. The van der Waals surface area contributed by atoms with E-state index in [2.05, 4.69) is 17.3 Å². The van der Waals surface area contributed by atoms with Crippen molar-refractivity contribution < 1.29 is 4.74 Å². The van der Waals surface area contributed by atoms with E-state index in [9.17, 15) is 0 Å². The third kappa shape index (κ3) is 3.73. The Hall–Kier alpha value is -1.62. The lowest BCUT2D eigenvalue weighted by Gasteiger charge is -2.19. The number of nitrogens with one attached hydrogen (secondary N) is 1. The van der Waals surface area contributed by atoms with Gasteiger partial charge in [0.1, 0.15) is 5.75 Å². The Morgan fingerprint density at radius 2 is 2.19 bits per heavy atom. The predicted molar refractivity (Wildman–Crippen MR) is 85.4 cm³/mol. The summed E-state index contributed by atoms with van der Waals surface area (Å²) >= 11 is 6.39. The summed E-state index contributed by atoms with van der Waals surface area (Å²) in [7, 11) is 0. The fourth-order valence-corrected chi connectivity index (χ4v) is 2.39. The first kappa shape index (κ1) is 15.8. The van der Waals surface area contributed by atoms with E-state index in [1.54, 1.807) is 12.4 Å². The molecule has 0 amide bonds. The van der Waals surface area contributed by atoms with Crippen LogP contribution in [0.25, 0.3) is 0 Å². The summed E-state index contributed by atoms with van der Waals surface area (Å²) in [5, 5.41) is 0.709. The maximum absolute atomic E-state index is 6.39. The number of nitrogens with two attached hydrogens (primary N) is 1. The third-order valence-corrected chi connectivity index (χ3v) is 3.76. The van der Waals surface area contributed by atoms with Crippen LogP contribution in [-0.2, 0) is 0 Å². The minimum atomic E-state index is -0.227. The number of hydrazine groups is 1. The normalized spacial score (nSPS) is 12.2. The first-order chi connectivity index (χ1) is 10.2. The van der Waals surface area contributed by atoms with Crippen molar-refractivity contribution in [2.75, 3.05) is 6.61 Å². The van der Waals surface area contributed by atoms with Gasteiger partial charge in [0.25, 0.3) is 0 Å². The Morgan fingerprint density at radius 1 is 1.38 bits per heavy atom. The van der Waals surface area contributed by atoms with Crippen molar-refractivity contribution in [2.45, 2.75) is 26.3 Å². The number of hydrogen-bond donors (Lipinski definition) is 2. The highest BCUT2D eigenvalue weighted by molar-refractivity contribution is 6.32. The van der Waals surface area contributed by atoms with Gasteiger partial charge in [0, 0.05) is 11.2 Å². The lowest BCUT2D eigenvalue weighted by Crippen LogP contribution is -2.29. The van der Waals surface area contributed by atoms with Crippen molar-refractivity contribution in [1.29, 1.82) is 0 Å². The van der Waals surface area contributed by atoms with Gasteiger partial charge < -0.3 is 4.74 Å². The van der Waals surface area contributed by atoms with Crippen molar-refractivity contribution >= 4 is 11.6 Å². The van der Waals surface area contributed by atoms with Gasteiger partial charge in [0.05, 0.1) is 18.8 Å². The monoisotopic (exact) mass is 305 g/mol. The Bertz CT molecular complexity index is 604. The van der Waals surface area contributed by atoms with Gasteiger partial charge in [-0.25, -0.2) is 5.43 Å². The van der Waals surface area contributed by atoms with Crippen molar-refractivity contribution in [3.63, 3.8) is 0 Å².